The van der Waals surface area contributed by atoms with Crippen LogP contribution >= 0.6 is 0 Å². The van der Waals surface area contributed by atoms with E-state index in [9.17, 15) is 0 Å². The molecule has 1 aliphatic carbocycles. The van der Waals surface area contributed by atoms with Crippen LogP contribution in [0.4, 0.5) is 0 Å². The molecule has 0 aromatic rings. The van der Waals surface area contributed by atoms with Gasteiger partial charge in [0.1, 0.15) is 0 Å². The first-order chi connectivity index (χ1) is 5.86. The third-order valence-electron chi connectivity index (χ3n) is 2.44. The Bertz CT molecular complexity index is 185. The number of nitriles is 1. The molecule has 0 N–H and O–H groups in total. The molecule has 0 aromatic carbocycles. The molecule has 2 nitrogen and oxygen atoms in total. The van der Waals surface area contributed by atoms with Crippen LogP contribution in [0.15, 0.2) is 12.3 Å². The van der Waals surface area contributed by atoms with Gasteiger partial charge in [-0.1, -0.05) is 0 Å². The van der Waals surface area contributed by atoms with E-state index < -0.39 is 0 Å². The van der Waals surface area contributed by atoms with Crippen LogP contribution in [0.2, 0.25) is 0 Å². The molecule has 0 atom stereocenters. The van der Waals surface area contributed by atoms with Crippen molar-refractivity contribution in [2.75, 3.05) is 7.11 Å². The van der Waals surface area contributed by atoms with Gasteiger partial charge in [-0.3, -0.25) is 0 Å². The van der Waals surface area contributed by atoms with Crippen LogP contribution in [0.3, 0.4) is 0 Å². The predicted molar refractivity (Wildman–Crippen MR) is 47.2 cm³/mol. The first kappa shape index (κ1) is 9.12. The molecular weight excluding hydrogens is 150 g/mol. The smallest absolute Gasteiger partial charge is 0.0787 e. The van der Waals surface area contributed by atoms with Gasteiger partial charge < -0.3 is 4.74 Å². The molecule has 1 saturated carbocycles. The monoisotopic (exact) mass is 165 g/mol. The maximum Gasteiger partial charge on any atom is 0.0787 e. The van der Waals surface area contributed by atoms with E-state index in [1.165, 1.54) is 0 Å². The summed E-state index contributed by atoms with van der Waals surface area (Å²) in [6.45, 7) is 0. The highest BCUT2D eigenvalue weighted by molar-refractivity contribution is 4.92. The third-order valence-corrected chi connectivity index (χ3v) is 2.44. The lowest BCUT2D eigenvalue weighted by Crippen LogP contribution is -2.11. The van der Waals surface area contributed by atoms with E-state index in [1.54, 1.807) is 13.4 Å². The first-order valence-corrected chi connectivity index (χ1v) is 4.46. The average Bonchev–Trinajstić information content (AvgIpc) is 2.15. The summed E-state index contributed by atoms with van der Waals surface area (Å²) in [5.74, 6) is 0.937. The zero-order valence-electron chi connectivity index (χ0n) is 7.49. The molecule has 12 heavy (non-hydrogen) atoms. The van der Waals surface area contributed by atoms with Crippen LogP contribution in [0.1, 0.15) is 25.7 Å². The summed E-state index contributed by atoms with van der Waals surface area (Å²) in [7, 11) is 1.66. The molecule has 1 fully saturated rings. The number of rotatable bonds is 2. The van der Waals surface area contributed by atoms with E-state index in [1.807, 2.05) is 0 Å². The van der Waals surface area contributed by atoms with Gasteiger partial charge in [-0.2, -0.15) is 5.26 Å². The number of nitrogens with zero attached hydrogens (tertiary/aromatic N) is 1. The molecule has 1 rings (SSSR count). The fourth-order valence-corrected chi connectivity index (χ4v) is 1.63. The summed E-state index contributed by atoms with van der Waals surface area (Å²) in [5, 5.41) is 8.66. The minimum absolute atomic E-state index is 0.303. The Morgan fingerprint density at radius 1 is 1.33 bits per heavy atom. The van der Waals surface area contributed by atoms with E-state index in [-0.39, 0.29) is 0 Å². The van der Waals surface area contributed by atoms with Gasteiger partial charge in [0.2, 0.25) is 0 Å². The van der Waals surface area contributed by atoms with Gasteiger partial charge in [0.25, 0.3) is 0 Å². The van der Waals surface area contributed by atoms with Gasteiger partial charge >= 0.3 is 0 Å². The van der Waals surface area contributed by atoms with Crippen LogP contribution < -0.4 is 0 Å². The largest absolute Gasteiger partial charge is 0.505 e. The van der Waals surface area contributed by atoms with Gasteiger partial charge in [0.05, 0.1) is 19.4 Å². The molecule has 2 heteroatoms. The van der Waals surface area contributed by atoms with E-state index in [0.29, 0.717) is 11.8 Å². The zero-order chi connectivity index (χ0) is 8.81. The van der Waals surface area contributed by atoms with Crippen molar-refractivity contribution >= 4 is 0 Å². The lowest BCUT2D eigenvalue weighted by molar-refractivity contribution is 0.319. The Balaban J connectivity index is 2.27. The fraction of sp³-hybridized carbons (Fsp3) is 0.700. The number of methoxy groups -OCH3 is 1. The van der Waals surface area contributed by atoms with Crippen LogP contribution in [-0.2, 0) is 4.74 Å². The van der Waals surface area contributed by atoms with Gasteiger partial charge in [-0.15, -0.1) is 0 Å². The van der Waals surface area contributed by atoms with E-state index in [2.05, 4.69) is 12.1 Å². The maximum atomic E-state index is 8.66. The van der Waals surface area contributed by atoms with Crippen molar-refractivity contribution < 1.29 is 4.74 Å². The van der Waals surface area contributed by atoms with Crippen LogP contribution in [0.25, 0.3) is 0 Å². The summed E-state index contributed by atoms with van der Waals surface area (Å²) >= 11 is 0. The van der Waals surface area contributed by atoms with Gasteiger partial charge in [-0.05, 0) is 37.7 Å². The minimum Gasteiger partial charge on any atom is -0.505 e. The van der Waals surface area contributed by atoms with Crippen molar-refractivity contribution in [1.82, 2.24) is 0 Å². The molecule has 0 radical (unpaired) electrons. The summed E-state index contributed by atoms with van der Waals surface area (Å²) in [6, 6.07) is 2.33. The topological polar surface area (TPSA) is 33.0 Å². The van der Waals surface area contributed by atoms with E-state index in [4.69, 9.17) is 10.00 Å². The van der Waals surface area contributed by atoms with Gasteiger partial charge in [0, 0.05) is 5.92 Å². The Morgan fingerprint density at radius 2 is 2.00 bits per heavy atom. The molecule has 1 aliphatic rings. The van der Waals surface area contributed by atoms with Gasteiger partial charge in [-0.25, -0.2) is 0 Å². The van der Waals surface area contributed by atoms with Crippen LogP contribution in [0.5, 0.6) is 0 Å². The molecule has 66 valence electrons. The highest BCUT2D eigenvalue weighted by Gasteiger charge is 2.18. The van der Waals surface area contributed by atoms with Crippen molar-refractivity contribution in [3.63, 3.8) is 0 Å². The molecule has 0 saturated heterocycles. The quantitative estimate of drug-likeness (QED) is 0.589. The second-order valence-corrected chi connectivity index (χ2v) is 3.31. The average molecular weight is 165 g/mol. The van der Waals surface area contributed by atoms with Crippen LogP contribution in [0, 0.1) is 23.2 Å². The first-order valence-electron chi connectivity index (χ1n) is 4.46. The van der Waals surface area contributed by atoms with E-state index in [0.717, 1.165) is 25.7 Å². The van der Waals surface area contributed by atoms with Crippen molar-refractivity contribution in [3.8, 4) is 6.07 Å². The van der Waals surface area contributed by atoms with Crippen molar-refractivity contribution in [1.29, 1.82) is 5.26 Å². The number of hydrogen-bond donors (Lipinski definition) is 0. The van der Waals surface area contributed by atoms with Crippen molar-refractivity contribution in [3.05, 3.63) is 12.3 Å². The molecule has 0 amide bonds. The van der Waals surface area contributed by atoms with Crippen molar-refractivity contribution in [2.24, 2.45) is 11.8 Å². The van der Waals surface area contributed by atoms with E-state index >= 15 is 0 Å². The second kappa shape index (κ2) is 4.82. The highest BCUT2D eigenvalue weighted by atomic mass is 16.5. The minimum atomic E-state index is 0.303. The number of hydrogen-bond acceptors (Lipinski definition) is 2. The summed E-state index contributed by atoms with van der Waals surface area (Å²) in [5.41, 5.74) is 0. The molecule has 0 aliphatic heterocycles. The number of ether oxygens (including phenoxy) is 1. The number of allylic oxidation sites excluding steroid dienone is 1. The molecule has 0 spiro atoms. The predicted octanol–water partition coefficient (Wildman–Crippen LogP) is 2.48. The summed E-state index contributed by atoms with van der Waals surface area (Å²) < 4.78 is 4.85. The van der Waals surface area contributed by atoms with Crippen molar-refractivity contribution in [2.45, 2.75) is 25.7 Å². The maximum absolute atomic E-state index is 8.66. The third kappa shape index (κ3) is 2.58. The second-order valence-electron chi connectivity index (χ2n) is 3.31. The summed E-state index contributed by atoms with van der Waals surface area (Å²) in [6.07, 6.45) is 8.23. The molecule has 0 bridgehead atoms. The Labute approximate surface area is 73.8 Å². The van der Waals surface area contributed by atoms with Gasteiger partial charge in [0.15, 0.2) is 0 Å². The Hall–Kier alpha value is -0.970. The molecule has 0 aromatic heterocycles. The molecular formula is C10H15NO. The fourth-order valence-electron chi connectivity index (χ4n) is 1.63. The van der Waals surface area contributed by atoms with Crippen LogP contribution in [-0.4, -0.2) is 7.11 Å². The molecule has 0 unspecified atom stereocenters. The summed E-state index contributed by atoms with van der Waals surface area (Å²) in [4.78, 5) is 0. The lowest BCUT2D eigenvalue weighted by Gasteiger charge is -2.21. The Morgan fingerprint density at radius 3 is 2.50 bits per heavy atom. The SMILES string of the molecule is COC=CC1CCC(C#N)CC1. The Kier molecular flexibility index (Phi) is 3.66. The highest BCUT2D eigenvalue weighted by Crippen LogP contribution is 2.28. The standard InChI is InChI=1S/C10H15NO/c1-12-7-6-9-2-4-10(8-11)5-3-9/h6-7,9-10H,2-5H2,1H3. The lowest BCUT2D eigenvalue weighted by atomic mass is 9.83. The molecule has 0 heterocycles. The zero-order valence-corrected chi connectivity index (χ0v) is 7.49. The normalized spacial score (nSPS) is 30.0.